The van der Waals surface area contributed by atoms with E-state index in [1.165, 1.54) is 4.31 Å². The van der Waals surface area contributed by atoms with Gasteiger partial charge in [-0.25, -0.2) is 8.42 Å². The molecule has 0 aromatic heterocycles. The number of benzene rings is 2. The molecule has 0 spiro atoms. The summed E-state index contributed by atoms with van der Waals surface area (Å²) in [5, 5.41) is 3.52. The van der Waals surface area contributed by atoms with E-state index in [9.17, 15) is 13.2 Å². The Morgan fingerprint density at radius 1 is 1.17 bits per heavy atom. The van der Waals surface area contributed by atoms with Gasteiger partial charge < -0.3 is 5.32 Å². The number of hydrogen-bond acceptors (Lipinski definition) is 3. The summed E-state index contributed by atoms with van der Waals surface area (Å²) in [6, 6.07) is 11.2. The Hall–Kier alpha value is -2.05. The first kappa shape index (κ1) is 23.2. The minimum Gasteiger partial charge on any atom is -0.350 e. The molecule has 1 atom stereocenters. The van der Waals surface area contributed by atoms with Gasteiger partial charge in [-0.2, -0.15) is 0 Å². The van der Waals surface area contributed by atoms with Crippen molar-refractivity contribution < 1.29 is 13.2 Å². The zero-order valence-corrected chi connectivity index (χ0v) is 19.2. The maximum Gasteiger partial charge on any atom is 0.232 e. The lowest BCUT2D eigenvalue weighted by atomic mass is 10.00. The molecule has 0 saturated carbocycles. The number of halogens is 1. The topological polar surface area (TPSA) is 66.5 Å². The van der Waals surface area contributed by atoms with Crippen LogP contribution in [0.3, 0.4) is 0 Å². The smallest absolute Gasteiger partial charge is 0.232 e. The molecule has 1 N–H and O–H groups in total. The summed E-state index contributed by atoms with van der Waals surface area (Å²) in [6.07, 6.45) is 1.81. The van der Waals surface area contributed by atoms with Gasteiger partial charge in [-0.15, -0.1) is 0 Å². The van der Waals surface area contributed by atoms with Crippen molar-refractivity contribution in [2.45, 2.75) is 46.6 Å². The number of sulfonamides is 1. The lowest BCUT2D eigenvalue weighted by Crippen LogP contribution is -2.33. The van der Waals surface area contributed by atoms with Crippen LogP contribution < -0.4 is 9.62 Å². The van der Waals surface area contributed by atoms with Crippen molar-refractivity contribution in [2.75, 3.05) is 17.1 Å². The predicted molar refractivity (Wildman–Crippen MR) is 120 cm³/mol. The number of hydrogen-bond donors (Lipinski definition) is 1. The molecule has 7 heteroatoms. The van der Waals surface area contributed by atoms with Gasteiger partial charge >= 0.3 is 0 Å². The van der Waals surface area contributed by atoms with Crippen molar-refractivity contribution in [2.24, 2.45) is 0 Å². The van der Waals surface area contributed by atoms with Gasteiger partial charge in [0, 0.05) is 18.0 Å². The molecule has 1 amide bonds. The van der Waals surface area contributed by atoms with Crippen LogP contribution in [-0.4, -0.2) is 27.1 Å². The van der Waals surface area contributed by atoms with Gasteiger partial charge in [0.2, 0.25) is 15.9 Å². The Kier molecular flexibility index (Phi) is 7.72. The Labute approximate surface area is 179 Å². The lowest BCUT2D eigenvalue weighted by molar-refractivity contribution is -0.121. The van der Waals surface area contributed by atoms with E-state index >= 15 is 0 Å². The summed E-state index contributed by atoms with van der Waals surface area (Å²) < 4.78 is 25.9. The summed E-state index contributed by atoms with van der Waals surface area (Å²) in [5.74, 6) is -0.102. The molecule has 2 aromatic carbocycles. The fourth-order valence-corrected chi connectivity index (χ4v) is 4.52. The highest BCUT2D eigenvalue weighted by molar-refractivity contribution is 7.92. The summed E-state index contributed by atoms with van der Waals surface area (Å²) in [4.78, 5) is 12.4. The molecule has 0 saturated heterocycles. The van der Waals surface area contributed by atoms with E-state index in [2.05, 4.69) is 11.4 Å². The molecule has 0 fully saturated rings. The second kappa shape index (κ2) is 9.63. The summed E-state index contributed by atoms with van der Waals surface area (Å²) in [5.41, 5.74) is 4.61. The third-order valence-electron chi connectivity index (χ3n) is 4.95. The van der Waals surface area contributed by atoms with Crippen molar-refractivity contribution in [3.05, 3.63) is 63.7 Å². The number of carbonyl (C=O) groups excluding carboxylic acids is 1. The first-order valence-corrected chi connectivity index (χ1v) is 11.8. The zero-order chi connectivity index (χ0) is 21.8. The van der Waals surface area contributed by atoms with Gasteiger partial charge in [0.25, 0.3) is 0 Å². The highest BCUT2D eigenvalue weighted by atomic mass is 35.5. The van der Waals surface area contributed by atoms with Crippen molar-refractivity contribution >= 4 is 33.2 Å². The van der Waals surface area contributed by atoms with Gasteiger partial charge in [0.05, 0.1) is 18.0 Å². The molecule has 29 heavy (non-hydrogen) atoms. The average molecular weight is 437 g/mol. The number of carbonyl (C=O) groups is 1. The fourth-order valence-electron chi connectivity index (χ4n) is 3.33. The minimum atomic E-state index is -3.49. The summed E-state index contributed by atoms with van der Waals surface area (Å²) in [6.45, 7) is 8.00. The fraction of sp³-hybridized carbons (Fsp3) is 0.409. The normalized spacial score (nSPS) is 12.5. The highest BCUT2D eigenvalue weighted by Crippen LogP contribution is 2.28. The Morgan fingerprint density at radius 3 is 2.52 bits per heavy atom. The molecule has 0 aliphatic carbocycles. The van der Waals surface area contributed by atoms with Gasteiger partial charge in [-0.3, -0.25) is 9.10 Å². The van der Waals surface area contributed by atoms with Crippen LogP contribution in [0.1, 0.15) is 48.1 Å². The maximum absolute atomic E-state index is 12.4. The van der Waals surface area contributed by atoms with Crippen LogP contribution in [0.4, 0.5) is 5.69 Å². The van der Waals surface area contributed by atoms with E-state index in [0.29, 0.717) is 22.7 Å². The van der Waals surface area contributed by atoms with Crippen LogP contribution in [0.2, 0.25) is 5.02 Å². The third-order valence-corrected chi connectivity index (χ3v) is 6.54. The number of nitrogens with one attached hydrogen (secondary N) is 1. The van der Waals surface area contributed by atoms with Gasteiger partial charge in [0.15, 0.2) is 0 Å². The lowest BCUT2D eigenvalue weighted by Gasteiger charge is -2.24. The first-order chi connectivity index (χ1) is 13.5. The molecule has 0 radical (unpaired) electrons. The molecular weight excluding hydrogens is 408 g/mol. The average Bonchev–Trinajstić information content (AvgIpc) is 2.62. The van der Waals surface area contributed by atoms with Crippen molar-refractivity contribution in [1.29, 1.82) is 0 Å². The molecule has 2 rings (SSSR count). The largest absolute Gasteiger partial charge is 0.350 e. The Morgan fingerprint density at radius 2 is 1.86 bits per heavy atom. The molecular formula is C22H29ClN2O3S. The molecule has 0 bridgehead atoms. The summed E-state index contributed by atoms with van der Waals surface area (Å²) >= 11 is 6.15. The standard InChI is InChI=1S/C22H29ClN2O3S/c1-15-11-12-16(2)19(14-15)18(4)24-22(26)10-7-13-25(29(5,27)28)21-9-6-8-20(23)17(21)3/h6,8-9,11-12,14,18H,7,10,13H2,1-5H3,(H,24,26)/t18-/m1/s1. The maximum atomic E-state index is 12.4. The number of rotatable bonds is 8. The van der Waals surface area contributed by atoms with E-state index in [0.717, 1.165) is 22.9 Å². The predicted octanol–water partition coefficient (Wildman–Crippen LogP) is 4.69. The SMILES string of the molecule is Cc1ccc(C)c([C@@H](C)NC(=O)CCCN(c2cccc(Cl)c2C)S(C)(=O)=O)c1. The Bertz CT molecular complexity index is 990. The quantitative estimate of drug-likeness (QED) is 0.652. The Balaban J connectivity index is 2.01. The third kappa shape index (κ3) is 6.21. The van der Waals surface area contributed by atoms with E-state index in [-0.39, 0.29) is 24.9 Å². The van der Waals surface area contributed by atoms with Crippen LogP contribution in [-0.2, 0) is 14.8 Å². The van der Waals surface area contributed by atoms with E-state index in [1.54, 1.807) is 25.1 Å². The number of anilines is 1. The van der Waals surface area contributed by atoms with Crippen molar-refractivity contribution in [3.63, 3.8) is 0 Å². The van der Waals surface area contributed by atoms with Crippen LogP contribution in [0.5, 0.6) is 0 Å². The van der Waals surface area contributed by atoms with Crippen LogP contribution >= 0.6 is 11.6 Å². The second-order valence-corrected chi connectivity index (χ2v) is 9.79. The molecule has 0 heterocycles. The van der Waals surface area contributed by atoms with Crippen molar-refractivity contribution in [3.8, 4) is 0 Å². The van der Waals surface area contributed by atoms with Gasteiger partial charge in [-0.05, 0) is 62.9 Å². The van der Waals surface area contributed by atoms with E-state index < -0.39 is 10.0 Å². The van der Waals surface area contributed by atoms with Crippen molar-refractivity contribution in [1.82, 2.24) is 5.32 Å². The van der Waals surface area contributed by atoms with E-state index in [4.69, 9.17) is 11.6 Å². The first-order valence-electron chi connectivity index (χ1n) is 9.60. The number of aryl methyl sites for hydroxylation is 2. The van der Waals surface area contributed by atoms with Gasteiger partial charge in [-0.1, -0.05) is 41.4 Å². The second-order valence-electron chi connectivity index (χ2n) is 7.47. The van der Waals surface area contributed by atoms with E-state index in [1.807, 2.05) is 32.9 Å². The molecule has 158 valence electrons. The molecule has 2 aromatic rings. The summed E-state index contributed by atoms with van der Waals surface area (Å²) in [7, 11) is -3.49. The van der Waals surface area contributed by atoms with Crippen LogP contribution in [0, 0.1) is 20.8 Å². The van der Waals surface area contributed by atoms with Gasteiger partial charge in [0.1, 0.15) is 0 Å². The molecule has 0 aliphatic heterocycles. The zero-order valence-electron chi connectivity index (χ0n) is 17.6. The highest BCUT2D eigenvalue weighted by Gasteiger charge is 2.20. The van der Waals surface area contributed by atoms with Crippen LogP contribution in [0.25, 0.3) is 0 Å². The molecule has 0 aliphatic rings. The molecule has 5 nitrogen and oxygen atoms in total. The number of amides is 1. The number of nitrogens with zero attached hydrogens (tertiary/aromatic N) is 1. The monoisotopic (exact) mass is 436 g/mol. The minimum absolute atomic E-state index is 0.102. The molecule has 0 unspecified atom stereocenters. The van der Waals surface area contributed by atoms with Crippen LogP contribution in [0.15, 0.2) is 36.4 Å².